The van der Waals surface area contributed by atoms with Gasteiger partial charge in [0.25, 0.3) is 0 Å². The summed E-state index contributed by atoms with van der Waals surface area (Å²) in [7, 11) is 1.70. The van der Waals surface area contributed by atoms with E-state index in [0.29, 0.717) is 12.2 Å². The predicted octanol–water partition coefficient (Wildman–Crippen LogP) is 2.65. The van der Waals surface area contributed by atoms with E-state index in [1.54, 1.807) is 7.11 Å². The van der Waals surface area contributed by atoms with Crippen molar-refractivity contribution in [3.63, 3.8) is 0 Å². The third kappa shape index (κ3) is 4.43. The van der Waals surface area contributed by atoms with Gasteiger partial charge in [-0.2, -0.15) is 0 Å². The van der Waals surface area contributed by atoms with Gasteiger partial charge in [0.2, 0.25) is 0 Å². The van der Waals surface area contributed by atoms with Crippen LogP contribution in [0.15, 0.2) is 42.5 Å². The minimum Gasteiger partial charge on any atom is -0.496 e. The largest absolute Gasteiger partial charge is 0.496 e. The minimum atomic E-state index is 0.392. The topological polar surface area (TPSA) is 43.5 Å². The van der Waals surface area contributed by atoms with Crippen LogP contribution in [0.2, 0.25) is 0 Å². The van der Waals surface area contributed by atoms with Crippen LogP contribution >= 0.6 is 0 Å². The van der Waals surface area contributed by atoms with Crippen molar-refractivity contribution in [2.45, 2.75) is 12.2 Å². The van der Waals surface area contributed by atoms with Crippen LogP contribution in [0.1, 0.15) is 0 Å². The summed E-state index contributed by atoms with van der Waals surface area (Å²) < 4.78 is 20.3. The summed E-state index contributed by atoms with van der Waals surface area (Å²) in [5.41, 5.74) is 0. The van der Waals surface area contributed by atoms with Gasteiger partial charge >= 0.3 is 0 Å². The Hall–Kier alpha value is -1.62. The minimum absolute atomic E-state index is 0.392. The quantitative estimate of drug-likeness (QED) is 0.793. The molecule has 21 heavy (non-hydrogen) atoms. The number of rotatable bonds is 5. The van der Waals surface area contributed by atoms with Gasteiger partial charge in [-0.15, -0.1) is 0 Å². The van der Waals surface area contributed by atoms with Crippen LogP contribution < -0.4 is 4.74 Å². The van der Waals surface area contributed by atoms with Crippen molar-refractivity contribution in [1.29, 1.82) is 0 Å². The molecule has 2 aromatic carbocycles. The van der Waals surface area contributed by atoms with Crippen LogP contribution in [0.25, 0.3) is 10.8 Å². The molecule has 0 aromatic heterocycles. The lowest BCUT2D eigenvalue weighted by atomic mass is 10.1. The van der Waals surface area contributed by atoms with Gasteiger partial charge in [-0.05, 0) is 11.5 Å². The molecular formula is C17H20O4. The summed E-state index contributed by atoms with van der Waals surface area (Å²) >= 11 is 0. The second-order valence-electron chi connectivity index (χ2n) is 5.13. The summed E-state index contributed by atoms with van der Waals surface area (Å²) in [4.78, 5) is 0. The summed E-state index contributed by atoms with van der Waals surface area (Å²) in [6, 6.07) is 14.2. The first-order valence-electron chi connectivity index (χ1n) is 7.19. The molecular weight excluding hydrogens is 268 g/mol. The summed E-state index contributed by atoms with van der Waals surface area (Å²) in [6.07, 6.45) is 0.785. The van der Waals surface area contributed by atoms with Crippen molar-refractivity contribution in [1.82, 2.24) is 0 Å². The maximum absolute atomic E-state index is 5.23. The smallest absolute Gasteiger partial charge is 0.126 e. The monoisotopic (exact) mass is 288 g/mol. The number of benzene rings is 2. The van der Waals surface area contributed by atoms with E-state index in [0.717, 1.165) is 32.2 Å². The Morgan fingerprint density at radius 3 is 2.19 bits per heavy atom. The highest BCUT2D eigenvalue weighted by molar-refractivity contribution is 5.88. The molecule has 0 bridgehead atoms. The molecule has 2 saturated heterocycles. The van der Waals surface area contributed by atoms with Gasteiger partial charge in [0, 0.05) is 5.39 Å². The molecule has 0 radical (unpaired) electrons. The fourth-order valence-electron chi connectivity index (χ4n) is 2.03. The lowest BCUT2D eigenvalue weighted by molar-refractivity contribution is 0.102. The lowest BCUT2D eigenvalue weighted by Crippen LogP contribution is -2.06. The Morgan fingerprint density at radius 1 is 0.952 bits per heavy atom. The summed E-state index contributed by atoms with van der Waals surface area (Å²) in [5.74, 6) is 0.938. The second-order valence-corrected chi connectivity index (χ2v) is 5.13. The molecule has 2 atom stereocenters. The van der Waals surface area contributed by atoms with Gasteiger partial charge in [0.1, 0.15) is 18.0 Å². The Balaban J connectivity index is 0.000000131. The Labute approximate surface area is 124 Å². The number of epoxide rings is 2. The molecule has 0 saturated carbocycles. The first-order valence-corrected chi connectivity index (χ1v) is 7.19. The van der Waals surface area contributed by atoms with E-state index < -0.39 is 0 Å². The van der Waals surface area contributed by atoms with E-state index in [1.165, 1.54) is 10.8 Å². The van der Waals surface area contributed by atoms with Crippen LogP contribution in [-0.2, 0) is 14.2 Å². The fourth-order valence-corrected chi connectivity index (χ4v) is 2.03. The molecule has 4 nitrogen and oxygen atoms in total. The van der Waals surface area contributed by atoms with Gasteiger partial charge in [-0.3, -0.25) is 0 Å². The maximum atomic E-state index is 5.23. The highest BCUT2D eigenvalue weighted by atomic mass is 16.6. The molecule has 0 amide bonds. The first kappa shape index (κ1) is 14.3. The predicted molar refractivity (Wildman–Crippen MR) is 80.8 cm³/mol. The van der Waals surface area contributed by atoms with Crippen LogP contribution in [0.4, 0.5) is 0 Å². The average molecular weight is 288 g/mol. The summed E-state index contributed by atoms with van der Waals surface area (Å²) in [5, 5.41) is 2.39. The van der Waals surface area contributed by atoms with E-state index in [1.807, 2.05) is 24.3 Å². The van der Waals surface area contributed by atoms with Crippen molar-refractivity contribution in [2.75, 3.05) is 33.5 Å². The molecule has 0 aliphatic carbocycles. The van der Waals surface area contributed by atoms with E-state index in [4.69, 9.17) is 18.9 Å². The highest BCUT2D eigenvalue weighted by Gasteiger charge is 2.26. The van der Waals surface area contributed by atoms with Crippen LogP contribution in [0.5, 0.6) is 5.75 Å². The zero-order valence-electron chi connectivity index (χ0n) is 12.2. The Bertz CT molecular complexity index is 559. The van der Waals surface area contributed by atoms with Crippen LogP contribution in [0.3, 0.4) is 0 Å². The molecule has 2 heterocycles. The molecule has 4 heteroatoms. The highest BCUT2D eigenvalue weighted by Crippen LogP contribution is 2.24. The van der Waals surface area contributed by atoms with Gasteiger partial charge in [0.05, 0.1) is 33.5 Å². The average Bonchev–Trinajstić information content (AvgIpc) is 3.42. The van der Waals surface area contributed by atoms with Gasteiger partial charge in [-0.25, -0.2) is 0 Å². The Kier molecular flexibility index (Phi) is 4.70. The first-order chi connectivity index (χ1) is 10.4. The molecule has 2 aliphatic rings. The number of methoxy groups -OCH3 is 1. The van der Waals surface area contributed by atoms with E-state index >= 15 is 0 Å². The normalized spacial score (nSPS) is 22.3. The number of hydrogen-bond acceptors (Lipinski definition) is 4. The number of hydrogen-bond donors (Lipinski definition) is 0. The van der Waals surface area contributed by atoms with Crippen molar-refractivity contribution >= 4 is 10.8 Å². The van der Waals surface area contributed by atoms with Crippen molar-refractivity contribution in [3.8, 4) is 5.75 Å². The molecule has 2 aromatic rings. The van der Waals surface area contributed by atoms with Crippen LogP contribution in [-0.4, -0.2) is 45.7 Å². The molecule has 2 unspecified atom stereocenters. The SMILES string of the molecule is C(OCC1CO1)C1CO1.COc1cccc2ccccc12. The van der Waals surface area contributed by atoms with Crippen molar-refractivity contribution in [3.05, 3.63) is 42.5 Å². The lowest BCUT2D eigenvalue weighted by Gasteiger charge is -2.03. The third-order valence-corrected chi connectivity index (χ3v) is 3.38. The van der Waals surface area contributed by atoms with E-state index in [-0.39, 0.29) is 0 Å². The van der Waals surface area contributed by atoms with E-state index in [9.17, 15) is 0 Å². The van der Waals surface area contributed by atoms with Crippen molar-refractivity contribution in [2.24, 2.45) is 0 Å². The Morgan fingerprint density at radius 2 is 1.57 bits per heavy atom. The van der Waals surface area contributed by atoms with Gasteiger partial charge in [-0.1, -0.05) is 36.4 Å². The van der Waals surface area contributed by atoms with Gasteiger partial charge < -0.3 is 18.9 Å². The molecule has 0 spiro atoms. The fraction of sp³-hybridized carbons (Fsp3) is 0.412. The molecule has 4 rings (SSSR count). The second kappa shape index (κ2) is 6.89. The molecule has 2 fully saturated rings. The van der Waals surface area contributed by atoms with Crippen molar-refractivity contribution < 1.29 is 18.9 Å². The third-order valence-electron chi connectivity index (χ3n) is 3.38. The van der Waals surface area contributed by atoms with Crippen LogP contribution in [0, 0.1) is 0 Å². The standard InChI is InChI=1S/C11H10O.C6H10O3/c1-12-11-8-4-6-9-5-2-3-7-10(9)11;1(5-3-8-5)7-2-6-4-9-6/h2-8H,1H3;5-6H,1-4H2. The summed E-state index contributed by atoms with van der Waals surface area (Å²) in [6.45, 7) is 3.26. The number of ether oxygens (including phenoxy) is 4. The molecule has 2 aliphatic heterocycles. The maximum Gasteiger partial charge on any atom is 0.126 e. The number of fused-ring (bicyclic) bond motifs is 1. The molecule has 112 valence electrons. The van der Waals surface area contributed by atoms with Gasteiger partial charge in [0.15, 0.2) is 0 Å². The van der Waals surface area contributed by atoms with E-state index in [2.05, 4.69) is 18.2 Å². The molecule has 0 N–H and O–H groups in total. The zero-order valence-corrected chi connectivity index (χ0v) is 12.2. The zero-order chi connectivity index (χ0) is 14.5.